The molecule has 2 fully saturated rings. The SMILES string of the molecule is C[C@@H]1CS(=O)(=O)N(c2ccc(C(=O)NC3CCCCC3)cc2)C1=O. The molecule has 0 bridgehead atoms. The van der Waals surface area contributed by atoms with Gasteiger partial charge in [0.15, 0.2) is 0 Å². The standard InChI is InChI=1S/C17H22N2O4S/c1-12-11-24(22,23)19(17(12)21)15-9-7-13(8-10-15)16(20)18-14-5-3-2-4-6-14/h7-10,12,14H,2-6,11H2,1H3,(H,18,20)/t12-/m1/s1. The number of amides is 2. The first-order chi connectivity index (χ1) is 11.4. The van der Waals surface area contributed by atoms with Crippen molar-refractivity contribution >= 4 is 27.5 Å². The molecule has 1 atom stereocenters. The van der Waals surface area contributed by atoms with Gasteiger partial charge in [0.05, 0.1) is 17.4 Å². The molecule has 1 heterocycles. The number of hydrogen-bond donors (Lipinski definition) is 1. The average molecular weight is 350 g/mol. The molecule has 1 saturated heterocycles. The summed E-state index contributed by atoms with van der Waals surface area (Å²) in [5.41, 5.74) is 0.764. The quantitative estimate of drug-likeness (QED) is 0.904. The normalized spacial score (nSPS) is 24.1. The molecule has 1 aromatic rings. The Labute approximate surface area is 142 Å². The van der Waals surface area contributed by atoms with Gasteiger partial charge in [0.1, 0.15) is 0 Å². The predicted octanol–water partition coefficient (Wildman–Crippen LogP) is 2.06. The van der Waals surface area contributed by atoms with Crippen LogP contribution in [0.3, 0.4) is 0 Å². The minimum Gasteiger partial charge on any atom is -0.349 e. The Morgan fingerprint density at radius 1 is 1.12 bits per heavy atom. The average Bonchev–Trinajstić information content (AvgIpc) is 2.76. The Bertz CT molecular complexity index is 736. The van der Waals surface area contributed by atoms with E-state index < -0.39 is 21.8 Å². The third-order valence-electron chi connectivity index (χ3n) is 4.66. The number of anilines is 1. The van der Waals surface area contributed by atoms with Crippen LogP contribution in [0.25, 0.3) is 0 Å². The molecule has 2 amide bonds. The summed E-state index contributed by atoms with van der Waals surface area (Å²) >= 11 is 0. The Hall–Kier alpha value is -1.89. The van der Waals surface area contributed by atoms with Crippen LogP contribution in [0.15, 0.2) is 24.3 Å². The molecule has 0 spiro atoms. The monoisotopic (exact) mass is 350 g/mol. The maximum atomic E-state index is 12.3. The van der Waals surface area contributed by atoms with Crippen LogP contribution in [0.2, 0.25) is 0 Å². The summed E-state index contributed by atoms with van der Waals surface area (Å²) in [5, 5.41) is 3.02. The molecule has 1 aromatic carbocycles. The lowest BCUT2D eigenvalue weighted by atomic mass is 9.95. The molecule has 6 nitrogen and oxygen atoms in total. The van der Waals surface area contributed by atoms with Crippen molar-refractivity contribution in [1.29, 1.82) is 0 Å². The van der Waals surface area contributed by atoms with Gasteiger partial charge in [0.25, 0.3) is 5.91 Å². The Morgan fingerprint density at radius 3 is 2.29 bits per heavy atom. The molecule has 1 aliphatic carbocycles. The van der Waals surface area contributed by atoms with Gasteiger partial charge >= 0.3 is 0 Å². The zero-order valence-electron chi connectivity index (χ0n) is 13.7. The van der Waals surface area contributed by atoms with E-state index in [1.54, 1.807) is 19.1 Å². The zero-order valence-corrected chi connectivity index (χ0v) is 14.5. The lowest BCUT2D eigenvalue weighted by Crippen LogP contribution is -2.36. The van der Waals surface area contributed by atoms with Gasteiger partial charge < -0.3 is 5.32 Å². The highest BCUT2D eigenvalue weighted by molar-refractivity contribution is 7.94. The Morgan fingerprint density at radius 2 is 1.75 bits per heavy atom. The Kier molecular flexibility index (Phi) is 4.62. The minimum absolute atomic E-state index is 0.155. The van der Waals surface area contributed by atoms with E-state index in [9.17, 15) is 18.0 Å². The number of nitrogens with one attached hydrogen (secondary N) is 1. The van der Waals surface area contributed by atoms with E-state index in [-0.39, 0.29) is 17.7 Å². The number of carbonyl (C=O) groups is 2. The molecule has 24 heavy (non-hydrogen) atoms. The second-order valence-electron chi connectivity index (χ2n) is 6.64. The summed E-state index contributed by atoms with van der Waals surface area (Å²) < 4.78 is 25.0. The molecule has 1 aliphatic heterocycles. The molecular formula is C17H22N2O4S. The molecule has 0 unspecified atom stereocenters. The number of carbonyl (C=O) groups excluding carboxylic acids is 2. The number of benzene rings is 1. The lowest BCUT2D eigenvalue weighted by Gasteiger charge is -2.23. The van der Waals surface area contributed by atoms with Crippen molar-refractivity contribution in [3.8, 4) is 0 Å². The third kappa shape index (κ3) is 3.31. The summed E-state index contributed by atoms with van der Waals surface area (Å²) in [7, 11) is -3.61. The maximum Gasteiger partial charge on any atom is 0.251 e. The first-order valence-corrected chi connectivity index (χ1v) is 9.97. The van der Waals surface area contributed by atoms with Gasteiger partial charge in [-0.3, -0.25) is 9.59 Å². The van der Waals surface area contributed by atoms with E-state index in [1.807, 2.05) is 0 Å². The Balaban J connectivity index is 1.73. The van der Waals surface area contributed by atoms with Crippen molar-refractivity contribution in [3.63, 3.8) is 0 Å². The highest BCUT2D eigenvalue weighted by Gasteiger charge is 2.41. The van der Waals surface area contributed by atoms with Crippen LogP contribution in [0.4, 0.5) is 5.69 Å². The number of hydrogen-bond acceptors (Lipinski definition) is 4. The van der Waals surface area contributed by atoms with Crippen LogP contribution in [-0.4, -0.2) is 32.0 Å². The fourth-order valence-corrected chi connectivity index (χ4v) is 5.17. The molecule has 1 saturated carbocycles. The van der Waals surface area contributed by atoms with Crippen molar-refractivity contribution in [2.45, 2.75) is 45.1 Å². The van der Waals surface area contributed by atoms with Gasteiger partial charge in [0.2, 0.25) is 15.9 Å². The predicted molar refractivity (Wildman–Crippen MR) is 91.2 cm³/mol. The van der Waals surface area contributed by atoms with E-state index in [2.05, 4.69) is 5.32 Å². The highest BCUT2D eigenvalue weighted by atomic mass is 32.2. The second-order valence-corrected chi connectivity index (χ2v) is 8.50. The van der Waals surface area contributed by atoms with E-state index in [1.165, 1.54) is 18.6 Å². The summed E-state index contributed by atoms with van der Waals surface area (Å²) in [4.78, 5) is 24.3. The van der Waals surface area contributed by atoms with Crippen molar-refractivity contribution in [2.75, 3.05) is 10.1 Å². The molecular weight excluding hydrogens is 328 g/mol. The van der Waals surface area contributed by atoms with Crippen molar-refractivity contribution < 1.29 is 18.0 Å². The van der Waals surface area contributed by atoms with E-state index in [4.69, 9.17) is 0 Å². The molecule has 2 aliphatic rings. The van der Waals surface area contributed by atoms with E-state index in [0.29, 0.717) is 11.3 Å². The highest BCUT2D eigenvalue weighted by Crippen LogP contribution is 2.28. The molecule has 0 radical (unpaired) electrons. The van der Waals surface area contributed by atoms with E-state index in [0.717, 1.165) is 30.0 Å². The van der Waals surface area contributed by atoms with Crippen molar-refractivity contribution in [2.24, 2.45) is 5.92 Å². The van der Waals surface area contributed by atoms with Crippen LogP contribution in [0, 0.1) is 5.92 Å². The van der Waals surface area contributed by atoms with Crippen molar-refractivity contribution in [3.05, 3.63) is 29.8 Å². The van der Waals surface area contributed by atoms with Gasteiger partial charge in [-0.15, -0.1) is 0 Å². The zero-order chi connectivity index (χ0) is 17.3. The lowest BCUT2D eigenvalue weighted by molar-refractivity contribution is -0.119. The molecule has 1 N–H and O–H groups in total. The summed E-state index contributed by atoms with van der Waals surface area (Å²) in [6, 6.07) is 6.39. The van der Waals surface area contributed by atoms with Crippen LogP contribution >= 0.6 is 0 Å². The van der Waals surface area contributed by atoms with Crippen LogP contribution in [-0.2, 0) is 14.8 Å². The molecule has 130 valence electrons. The third-order valence-corrected chi connectivity index (χ3v) is 6.53. The van der Waals surface area contributed by atoms with Gasteiger partial charge in [-0.2, -0.15) is 0 Å². The smallest absolute Gasteiger partial charge is 0.251 e. The van der Waals surface area contributed by atoms with Gasteiger partial charge in [-0.05, 0) is 37.1 Å². The summed E-state index contributed by atoms with van der Waals surface area (Å²) in [6.45, 7) is 1.60. The summed E-state index contributed by atoms with van der Waals surface area (Å²) in [5.74, 6) is -1.29. The molecule has 3 rings (SSSR count). The number of nitrogens with zero attached hydrogens (tertiary/aromatic N) is 1. The summed E-state index contributed by atoms with van der Waals surface area (Å²) in [6.07, 6.45) is 5.50. The molecule has 7 heteroatoms. The van der Waals surface area contributed by atoms with Crippen molar-refractivity contribution in [1.82, 2.24) is 5.32 Å². The van der Waals surface area contributed by atoms with Gasteiger partial charge in [-0.25, -0.2) is 12.7 Å². The van der Waals surface area contributed by atoms with Crippen LogP contribution < -0.4 is 9.62 Å². The first-order valence-electron chi connectivity index (χ1n) is 8.36. The topological polar surface area (TPSA) is 83.6 Å². The largest absolute Gasteiger partial charge is 0.349 e. The van der Waals surface area contributed by atoms with E-state index >= 15 is 0 Å². The second kappa shape index (κ2) is 6.55. The number of sulfonamides is 1. The van der Waals surface area contributed by atoms with Gasteiger partial charge in [-0.1, -0.05) is 26.2 Å². The maximum absolute atomic E-state index is 12.3. The molecule has 0 aromatic heterocycles. The fraction of sp³-hybridized carbons (Fsp3) is 0.529. The minimum atomic E-state index is -3.61. The van der Waals surface area contributed by atoms with Crippen LogP contribution in [0.1, 0.15) is 49.4 Å². The first kappa shape index (κ1) is 17.0. The van der Waals surface area contributed by atoms with Gasteiger partial charge in [0, 0.05) is 11.6 Å². The van der Waals surface area contributed by atoms with Crippen LogP contribution in [0.5, 0.6) is 0 Å². The fourth-order valence-electron chi connectivity index (χ4n) is 3.35. The number of rotatable bonds is 3.